The van der Waals surface area contributed by atoms with Crippen molar-refractivity contribution in [1.82, 2.24) is 29.9 Å². The molecule has 1 spiro atoms. The lowest BCUT2D eigenvalue weighted by Crippen LogP contribution is -2.48. The number of nitrogens with one attached hydrogen (secondary N) is 2. The highest BCUT2D eigenvalue weighted by molar-refractivity contribution is 9.10. The molecule has 264 valence electrons. The number of nitrogens with zero attached hydrogens (tertiary/aromatic N) is 6. The first-order chi connectivity index (χ1) is 24.1. The second-order valence-corrected chi connectivity index (χ2v) is 15.4. The molecule has 4 fully saturated rings. The SMILES string of the molecule is CN1C[C@@H](Nc2cnn(C)c(=O)c2Br)C[C@@H](c2ccc(C(=O)N3CCC4(CC3)CCN(c3ccc(C5CCC(=O)NC5=O)cn3)CC4)cc2)C1. The summed E-state index contributed by atoms with van der Waals surface area (Å²) in [5.41, 5.74) is 3.59. The van der Waals surface area contributed by atoms with Crippen LogP contribution in [0.3, 0.4) is 0 Å². The summed E-state index contributed by atoms with van der Waals surface area (Å²) in [4.78, 5) is 61.0. The fourth-order valence-electron chi connectivity index (χ4n) is 8.27. The molecule has 4 saturated heterocycles. The molecule has 3 aromatic rings. The van der Waals surface area contributed by atoms with Gasteiger partial charge in [0.1, 0.15) is 10.3 Å². The first-order valence-corrected chi connectivity index (χ1v) is 18.5. The Morgan fingerprint density at radius 3 is 2.30 bits per heavy atom. The summed E-state index contributed by atoms with van der Waals surface area (Å²) >= 11 is 3.43. The maximum atomic E-state index is 13.6. The molecule has 3 amide bonds. The van der Waals surface area contributed by atoms with E-state index in [9.17, 15) is 19.2 Å². The lowest BCUT2D eigenvalue weighted by Gasteiger charge is -2.47. The standard InChI is InChI=1S/C37H45BrN8O4/c1-43-22-27(19-28(23-43)41-30-21-40-44(2)36(50)33(30)38)24-3-5-25(6-4-24)35(49)46-17-13-37(14-18-46)11-15-45(16-12-37)31-9-7-26(20-39-31)29-8-10-32(47)42-34(29)48/h3-7,9,20-21,27-29,41H,8,10-19,22-23H2,1-2H3,(H,42,47,48)/t27-,28+,29?/m1/s1. The van der Waals surface area contributed by atoms with Crippen LogP contribution in [-0.2, 0) is 16.6 Å². The number of carbonyl (C=O) groups excluding carboxylic acids is 3. The van der Waals surface area contributed by atoms with Crippen LogP contribution in [-0.4, -0.2) is 94.6 Å². The van der Waals surface area contributed by atoms with Crippen molar-refractivity contribution in [3.8, 4) is 0 Å². The van der Waals surface area contributed by atoms with Gasteiger partial charge >= 0.3 is 0 Å². The molecule has 0 bridgehead atoms. The summed E-state index contributed by atoms with van der Waals surface area (Å²) in [6.45, 7) is 5.17. The molecule has 6 heterocycles. The van der Waals surface area contributed by atoms with Crippen LogP contribution in [0.1, 0.15) is 78.3 Å². The molecule has 0 saturated carbocycles. The van der Waals surface area contributed by atoms with E-state index >= 15 is 0 Å². The first kappa shape index (κ1) is 34.4. The minimum Gasteiger partial charge on any atom is -0.379 e. The zero-order valence-electron chi connectivity index (χ0n) is 28.7. The van der Waals surface area contributed by atoms with Crippen LogP contribution in [0, 0.1) is 5.41 Å². The second-order valence-electron chi connectivity index (χ2n) is 14.7. The molecule has 0 aliphatic carbocycles. The van der Waals surface area contributed by atoms with Crippen LogP contribution >= 0.6 is 15.9 Å². The quantitative estimate of drug-likeness (QED) is 0.361. The number of halogens is 1. The number of benzene rings is 1. The van der Waals surface area contributed by atoms with E-state index in [1.807, 2.05) is 29.2 Å². The maximum absolute atomic E-state index is 13.6. The molecule has 4 aliphatic heterocycles. The third-order valence-electron chi connectivity index (χ3n) is 11.4. The van der Waals surface area contributed by atoms with Crippen molar-refractivity contribution >= 4 is 45.2 Å². The highest BCUT2D eigenvalue weighted by Gasteiger charge is 2.39. The van der Waals surface area contributed by atoms with Crippen molar-refractivity contribution in [2.24, 2.45) is 12.5 Å². The Bertz CT molecular complexity index is 1800. The number of imide groups is 1. The van der Waals surface area contributed by atoms with Gasteiger partial charge in [-0.05, 0) is 102 Å². The third kappa shape index (κ3) is 7.20. The number of amides is 3. The molecule has 2 N–H and O–H groups in total. The smallest absolute Gasteiger partial charge is 0.282 e. The number of pyridine rings is 1. The fourth-order valence-corrected chi connectivity index (χ4v) is 8.75. The number of likely N-dealkylation sites (N-methyl/N-ethyl adjacent to an activating group) is 1. The predicted molar refractivity (Wildman–Crippen MR) is 194 cm³/mol. The second kappa shape index (κ2) is 14.3. The Balaban J connectivity index is 0.901. The van der Waals surface area contributed by atoms with Crippen LogP contribution in [0.4, 0.5) is 11.5 Å². The summed E-state index contributed by atoms with van der Waals surface area (Å²) in [5, 5.41) is 10.1. The Kier molecular flexibility index (Phi) is 9.80. The van der Waals surface area contributed by atoms with Gasteiger partial charge in [0.15, 0.2) is 0 Å². The minimum atomic E-state index is -0.319. The van der Waals surface area contributed by atoms with E-state index < -0.39 is 0 Å². The van der Waals surface area contributed by atoms with Crippen LogP contribution < -0.4 is 21.1 Å². The number of piperidine rings is 4. The van der Waals surface area contributed by atoms with E-state index in [1.54, 1.807) is 19.4 Å². The van der Waals surface area contributed by atoms with Crippen molar-refractivity contribution in [1.29, 1.82) is 0 Å². The van der Waals surface area contributed by atoms with E-state index in [1.165, 1.54) is 10.2 Å². The van der Waals surface area contributed by atoms with Gasteiger partial charge in [-0.25, -0.2) is 9.67 Å². The van der Waals surface area contributed by atoms with Gasteiger partial charge in [-0.15, -0.1) is 0 Å². The highest BCUT2D eigenvalue weighted by atomic mass is 79.9. The number of rotatable bonds is 6. The number of hydrogen-bond donors (Lipinski definition) is 2. The lowest BCUT2D eigenvalue weighted by atomic mass is 9.71. The van der Waals surface area contributed by atoms with Crippen molar-refractivity contribution in [3.63, 3.8) is 0 Å². The minimum absolute atomic E-state index is 0.104. The van der Waals surface area contributed by atoms with Gasteiger partial charge in [-0.2, -0.15) is 5.10 Å². The van der Waals surface area contributed by atoms with Crippen molar-refractivity contribution in [2.75, 3.05) is 56.5 Å². The van der Waals surface area contributed by atoms with Gasteiger partial charge < -0.3 is 20.0 Å². The van der Waals surface area contributed by atoms with E-state index in [0.29, 0.717) is 28.9 Å². The number of hydrogen-bond acceptors (Lipinski definition) is 9. The molecular formula is C37H45BrN8O4. The van der Waals surface area contributed by atoms with Crippen LogP contribution in [0.25, 0.3) is 0 Å². The van der Waals surface area contributed by atoms with Crippen LogP contribution in [0.15, 0.2) is 58.1 Å². The monoisotopic (exact) mass is 744 g/mol. The van der Waals surface area contributed by atoms with E-state index in [4.69, 9.17) is 0 Å². The van der Waals surface area contributed by atoms with Gasteiger partial charge in [0.05, 0.1) is 17.8 Å². The third-order valence-corrected chi connectivity index (χ3v) is 12.1. The molecule has 13 heteroatoms. The first-order valence-electron chi connectivity index (χ1n) is 17.7. The van der Waals surface area contributed by atoms with E-state index in [-0.39, 0.29) is 40.7 Å². The summed E-state index contributed by atoms with van der Waals surface area (Å²) < 4.78 is 1.80. The highest BCUT2D eigenvalue weighted by Crippen LogP contribution is 2.42. The zero-order chi connectivity index (χ0) is 35.0. The van der Waals surface area contributed by atoms with E-state index in [0.717, 1.165) is 88.3 Å². The Labute approximate surface area is 300 Å². The van der Waals surface area contributed by atoms with Crippen molar-refractivity contribution in [2.45, 2.75) is 62.8 Å². The number of carbonyl (C=O) groups is 3. The number of aryl methyl sites for hydroxylation is 1. The van der Waals surface area contributed by atoms with E-state index in [2.05, 4.69) is 65.6 Å². The van der Waals surface area contributed by atoms with Crippen LogP contribution in [0.2, 0.25) is 0 Å². The molecule has 12 nitrogen and oxygen atoms in total. The Morgan fingerprint density at radius 1 is 0.920 bits per heavy atom. The van der Waals surface area contributed by atoms with Gasteiger partial charge in [0, 0.05) is 70.5 Å². The lowest BCUT2D eigenvalue weighted by molar-refractivity contribution is -0.134. The average Bonchev–Trinajstić information content (AvgIpc) is 3.12. The van der Waals surface area contributed by atoms with Gasteiger partial charge in [-0.1, -0.05) is 18.2 Å². The summed E-state index contributed by atoms with van der Waals surface area (Å²) in [6.07, 6.45) is 9.42. The van der Waals surface area contributed by atoms with Gasteiger partial charge in [-0.3, -0.25) is 24.5 Å². The predicted octanol–water partition coefficient (Wildman–Crippen LogP) is 3.88. The average molecular weight is 746 g/mol. The number of anilines is 2. The van der Waals surface area contributed by atoms with Crippen LogP contribution in [0.5, 0.6) is 0 Å². The largest absolute Gasteiger partial charge is 0.379 e. The summed E-state index contributed by atoms with van der Waals surface area (Å²) in [7, 11) is 3.75. The summed E-state index contributed by atoms with van der Waals surface area (Å²) in [6, 6.07) is 12.3. The summed E-state index contributed by atoms with van der Waals surface area (Å²) in [5.74, 6) is 0.563. The molecule has 4 aliphatic rings. The Morgan fingerprint density at radius 2 is 1.62 bits per heavy atom. The topological polar surface area (TPSA) is 133 Å². The van der Waals surface area contributed by atoms with Crippen molar-refractivity contribution < 1.29 is 14.4 Å². The molecule has 7 rings (SSSR count). The molecule has 1 aromatic carbocycles. The zero-order valence-corrected chi connectivity index (χ0v) is 30.3. The molecule has 2 aromatic heterocycles. The molecule has 3 atom stereocenters. The normalized spacial score (nSPS) is 24.3. The molecular weight excluding hydrogens is 700 g/mol. The van der Waals surface area contributed by atoms with Gasteiger partial charge in [0.2, 0.25) is 11.8 Å². The molecule has 50 heavy (non-hydrogen) atoms. The van der Waals surface area contributed by atoms with Gasteiger partial charge in [0.25, 0.3) is 11.5 Å². The maximum Gasteiger partial charge on any atom is 0.282 e. The number of aromatic nitrogens is 3. The number of likely N-dealkylation sites (tertiary alicyclic amines) is 2. The van der Waals surface area contributed by atoms with Crippen molar-refractivity contribution in [3.05, 3.63) is 80.3 Å². The fraction of sp³-hybridized carbons (Fsp3) is 0.514. The molecule has 1 unspecified atom stereocenters. The molecule has 0 radical (unpaired) electrons. The Hall–Kier alpha value is -4.10.